The van der Waals surface area contributed by atoms with Crippen LogP contribution in [0.25, 0.3) is 6.08 Å². The SMILES string of the molecule is CC(C)C(=O)C=Cc1cncs1. The number of thiazole rings is 1. The van der Waals surface area contributed by atoms with Gasteiger partial charge in [-0.25, -0.2) is 0 Å². The highest BCUT2D eigenvalue weighted by molar-refractivity contribution is 7.10. The van der Waals surface area contributed by atoms with Crippen LogP contribution in [-0.2, 0) is 4.79 Å². The van der Waals surface area contributed by atoms with Crippen molar-refractivity contribution < 1.29 is 4.79 Å². The number of ketones is 1. The lowest BCUT2D eigenvalue weighted by Gasteiger charge is -1.94. The number of allylic oxidation sites excluding steroid dienone is 1. The van der Waals surface area contributed by atoms with Crippen LogP contribution in [0.4, 0.5) is 0 Å². The molecule has 2 nitrogen and oxygen atoms in total. The molecule has 0 spiro atoms. The van der Waals surface area contributed by atoms with Gasteiger partial charge in [-0.1, -0.05) is 13.8 Å². The molecule has 1 rings (SSSR count). The molecular weight excluding hydrogens is 170 g/mol. The first-order valence-electron chi connectivity index (χ1n) is 3.80. The minimum atomic E-state index is 0.0779. The van der Waals surface area contributed by atoms with Crippen LogP contribution in [0.3, 0.4) is 0 Å². The zero-order valence-corrected chi connectivity index (χ0v) is 7.97. The third-order valence-electron chi connectivity index (χ3n) is 1.43. The Labute approximate surface area is 76.0 Å². The summed E-state index contributed by atoms with van der Waals surface area (Å²) in [6.07, 6.45) is 5.16. The molecule has 0 fully saturated rings. The topological polar surface area (TPSA) is 30.0 Å². The van der Waals surface area contributed by atoms with E-state index < -0.39 is 0 Å². The molecule has 0 N–H and O–H groups in total. The Morgan fingerprint density at radius 2 is 2.42 bits per heavy atom. The number of hydrogen-bond donors (Lipinski definition) is 0. The average molecular weight is 181 g/mol. The van der Waals surface area contributed by atoms with E-state index in [4.69, 9.17) is 0 Å². The van der Waals surface area contributed by atoms with Crippen molar-refractivity contribution in [2.75, 3.05) is 0 Å². The third-order valence-corrected chi connectivity index (χ3v) is 2.17. The molecule has 12 heavy (non-hydrogen) atoms. The number of hydrogen-bond acceptors (Lipinski definition) is 3. The Bertz CT molecular complexity index is 275. The summed E-state index contributed by atoms with van der Waals surface area (Å²) in [5.74, 6) is 0.234. The van der Waals surface area contributed by atoms with E-state index in [1.54, 1.807) is 23.9 Å². The van der Waals surface area contributed by atoms with Crippen molar-refractivity contribution in [3.8, 4) is 0 Å². The highest BCUT2D eigenvalue weighted by Gasteiger charge is 2.01. The quantitative estimate of drug-likeness (QED) is 0.670. The first kappa shape index (κ1) is 9.13. The van der Waals surface area contributed by atoms with Crippen LogP contribution in [-0.4, -0.2) is 10.8 Å². The van der Waals surface area contributed by atoms with E-state index in [0.29, 0.717) is 0 Å². The van der Waals surface area contributed by atoms with E-state index in [1.165, 1.54) is 11.3 Å². The van der Waals surface area contributed by atoms with Gasteiger partial charge in [-0.05, 0) is 12.2 Å². The number of carbonyl (C=O) groups excluding carboxylic acids is 1. The van der Waals surface area contributed by atoms with Crippen molar-refractivity contribution in [1.29, 1.82) is 0 Å². The summed E-state index contributed by atoms with van der Waals surface area (Å²) in [7, 11) is 0. The highest BCUT2D eigenvalue weighted by Crippen LogP contribution is 2.08. The van der Waals surface area contributed by atoms with Crippen LogP contribution in [0.15, 0.2) is 17.8 Å². The van der Waals surface area contributed by atoms with E-state index in [9.17, 15) is 4.79 Å². The molecule has 1 heterocycles. The minimum Gasteiger partial charge on any atom is -0.295 e. The van der Waals surface area contributed by atoms with E-state index in [2.05, 4.69) is 4.98 Å². The van der Waals surface area contributed by atoms with Crippen molar-refractivity contribution in [2.45, 2.75) is 13.8 Å². The minimum absolute atomic E-state index is 0.0779. The lowest BCUT2D eigenvalue weighted by molar-refractivity contribution is -0.117. The maximum atomic E-state index is 11.1. The standard InChI is InChI=1S/C9H11NOS/c1-7(2)9(11)4-3-8-5-10-6-12-8/h3-7H,1-2H3. The average Bonchev–Trinajstić information content (AvgIpc) is 2.51. The first-order valence-corrected chi connectivity index (χ1v) is 4.68. The van der Waals surface area contributed by atoms with Crippen molar-refractivity contribution in [3.05, 3.63) is 22.7 Å². The Morgan fingerprint density at radius 1 is 1.67 bits per heavy atom. The summed E-state index contributed by atoms with van der Waals surface area (Å²) in [5, 5.41) is 0. The van der Waals surface area contributed by atoms with Gasteiger partial charge in [0.25, 0.3) is 0 Å². The lowest BCUT2D eigenvalue weighted by Crippen LogP contribution is -2.01. The summed E-state index contributed by atoms with van der Waals surface area (Å²) < 4.78 is 0. The summed E-state index contributed by atoms with van der Waals surface area (Å²) in [4.78, 5) is 16.1. The summed E-state index contributed by atoms with van der Waals surface area (Å²) in [6.45, 7) is 3.78. The van der Waals surface area contributed by atoms with Gasteiger partial charge in [-0.2, -0.15) is 0 Å². The second-order valence-electron chi connectivity index (χ2n) is 2.79. The normalized spacial score (nSPS) is 11.2. The van der Waals surface area contributed by atoms with Crippen molar-refractivity contribution in [3.63, 3.8) is 0 Å². The molecule has 0 aromatic carbocycles. The molecule has 0 saturated carbocycles. The predicted molar refractivity (Wildman–Crippen MR) is 51.0 cm³/mol. The van der Waals surface area contributed by atoms with Crippen molar-refractivity contribution >= 4 is 23.2 Å². The molecule has 0 aliphatic carbocycles. The molecule has 0 bridgehead atoms. The molecule has 0 amide bonds. The fourth-order valence-corrected chi connectivity index (χ4v) is 1.18. The second kappa shape index (κ2) is 4.16. The van der Waals surface area contributed by atoms with Crippen molar-refractivity contribution in [1.82, 2.24) is 4.98 Å². The summed E-state index contributed by atoms with van der Waals surface area (Å²) in [6, 6.07) is 0. The Balaban J connectivity index is 2.57. The molecule has 0 aliphatic rings. The van der Waals surface area contributed by atoms with Gasteiger partial charge in [0.2, 0.25) is 0 Å². The smallest absolute Gasteiger partial charge is 0.158 e. The van der Waals surface area contributed by atoms with Gasteiger partial charge in [0, 0.05) is 17.0 Å². The highest BCUT2D eigenvalue weighted by atomic mass is 32.1. The van der Waals surface area contributed by atoms with Gasteiger partial charge in [0.05, 0.1) is 5.51 Å². The van der Waals surface area contributed by atoms with Crippen LogP contribution >= 0.6 is 11.3 Å². The number of aromatic nitrogens is 1. The van der Waals surface area contributed by atoms with Crippen molar-refractivity contribution in [2.24, 2.45) is 5.92 Å². The molecular formula is C9H11NOS. The molecule has 0 unspecified atom stereocenters. The van der Waals surface area contributed by atoms with Crippen LogP contribution in [0.1, 0.15) is 18.7 Å². The van der Waals surface area contributed by atoms with Gasteiger partial charge >= 0.3 is 0 Å². The molecule has 0 atom stereocenters. The number of nitrogens with zero attached hydrogens (tertiary/aromatic N) is 1. The molecule has 64 valence electrons. The van der Waals surface area contributed by atoms with E-state index in [-0.39, 0.29) is 11.7 Å². The van der Waals surface area contributed by atoms with E-state index in [1.807, 2.05) is 13.8 Å². The molecule has 1 aromatic rings. The zero-order chi connectivity index (χ0) is 8.97. The fraction of sp³-hybridized carbons (Fsp3) is 0.333. The van der Waals surface area contributed by atoms with Crippen LogP contribution in [0.5, 0.6) is 0 Å². The Morgan fingerprint density at radius 3 is 2.92 bits per heavy atom. The van der Waals surface area contributed by atoms with Gasteiger partial charge in [-0.3, -0.25) is 9.78 Å². The van der Waals surface area contributed by atoms with Gasteiger partial charge < -0.3 is 0 Å². The first-order chi connectivity index (χ1) is 5.70. The fourth-order valence-electron chi connectivity index (χ4n) is 0.665. The zero-order valence-electron chi connectivity index (χ0n) is 7.15. The summed E-state index contributed by atoms with van der Waals surface area (Å²) >= 11 is 1.53. The van der Waals surface area contributed by atoms with Gasteiger partial charge in [0.15, 0.2) is 5.78 Å². The van der Waals surface area contributed by atoms with Crippen LogP contribution in [0.2, 0.25) is 0 Å². The van der Waals surface area contributed by atoms with Crippen LogP contribution in [0, 0.1) is 5.92 Å². The van der Waals surface area contributed by atoms with Gasteiger partial charge in [0.1, 0.15) is 0 Å². The maximum absolute atomic E-state index is 11.1. The molecule has 1 aromatic heterocycles. The molecule has 0 aliphatic heterocycles. The number of rotatable bonds is 3. The molecule has 3 heteroatoms. The predicted octanol–water partition coefficient (Wildman–Crippen LogP) is 2.38. The third kappa shape index (κ3) is 2.58. The lowest BCUT2D eigenvalue weighted by atomic mass is 10.1. The molecule has 0 saturated heterocycles. The largest absolute Gasteiger partial charge is 0.295 e. The molecule has 0 radical (unpaired) electrons. The number of carbonyl (C=O) groups is 1. The monoisotopic (exact) mass is 181 g/mol. The van der Waals surface area contributed by atoms with Crippen LogP contribution < -0.4 is 0 Å². The Kier molecular flexibility index (Phi) is 3.17. The van der Waals surface area contributed by atoms with E-state index in [0.717, 1.165) is 4.88 Å². The van der Waals surface area contributed by atoms with Gasteiger partial charge in [-0.15, -0.1) is 11.3 Å². The second-order valence-corrected chi connectivity index (χ2v) is 3.71. The van der Waals surface area contributed by atoms with E-state index >= 15 is 0 Å². The summed E-state index contributed by atoms with van der Waals surface area (Å²) in [5.41, 5.74) is 1.75. The maximum Gasteiger partial charge on any atom is 0.158 e. The Hall–Kier alpha value is -0.960.